The van der Waals surface area contributed by atoms with Gasteiger partial charge in [-0.25, -0.2) is 4.99 Å². The first-order valence-electron chi connectivity index (χ1n) is 10.1. The molecular weight excluding hydrogens is 409 g/mol. The molecule has 0 bridgehead atoms. The molecule has 1 aromatic carbocycles. The van der Waals surface area contributed by atoms with Gasteiger partial charge in [-0.3, -0.25) is 19.5 Å². The van der Waals surface area contributed by atoms with Crippen molar-refractivity contribution in [2.24, 2.45) is 4.99 Å². The second kappa shape index (κ2) is 8.13. The predicted octanol–water partition coefficient (Wildman–Crippen LogP) is 3.69. The second-order valence-corrected chi connectivity index (χ2v) is 7.67. The minimum Gasteiger partial charge on any atom is -0.312 e. The van der Waals surface area contributed by atoms with Crippen LogP contribution in [-0.4, -0.2) is 45.4 Å². The molecule has 1 aromatic heterocycles. The zero-order valence-electron chi connectivity index (χ0n) is 16.6. The van der Waals surface area contributed by atoms with Crippen LogP contribution in [-0.2, 0) is 4.79 Å². The number of nitrogens with zero attached hydrogens (tertiary/aromatic N) is 3. The normalized spacial score (nSPS) is 22.4. The Hall–Kier alpha value is -3.23. The Bertz CT molecular complexity index is 989. The highest BCUT2D eigenvalue weighted by Gasteiger charge is 2.67. The second-order valence-electron chi connectivity index (χ2n) is 7.67. The molecule has 1 atom stereocenters. The maximum absolute atomic E-state index is 14.4. The van der Waals surface area contributed by atoms with E-state index in [2.05, 4.69) is 9.98 Å². The average Bonchev–Trinajstić information content (AvgIpc) is 3.09. The number of aliphatic imine (C=N–C) groups is 1. The standard InChI is InChI=1S/C22H21F3N4O2/c23-22(24,25)21(28-19(30)16-10-7-13-26-14-16)20(31)29(17-11-5-2-6-12-17)18(27-21)15-8-3-1-4-9-15/h1,3-4,7-10,13-14,17H,2,5-6,11-12H2,(H,28,30)/t21-/m1/s1. The first kappa shape index (κ1) is 21.0. The number of amides is 2. The summed E-state index contributed by atoms with van der Waals surface area (Å²) in [4.78, 5) is 34.8. The lowest BCUT2D eigenvalue weighted by Gasteiger charge is -2.34. The zero-order chi connectivity index (χ0) is 22.1. The Morgan fingerprint density at radius 1 is 1.06 bits per heavy atom. The summed E-state index contributed by atoms with van der Waals surface area (Å²) in [6.45, 7) is 0. The number of benzene rings is 1. The molecule has 2 aliphatic rings. The van der Waals surface area contributed by atoms with Crippen molar-refractivity contribution in [2.75, 3.05) is 0 Å². The number of pyridine rings is 1. The van der Waals surface area contributed by atoms with Gasteiger partial charge in [0.1, 0.15) is 5.84 Å². The molecule has 1 aliphatic carbocycles. The number of carbonyl (C=O) groups is 2. The minimum atomic E-state index is -5.13. The summed E-state index contributed by atoms with van der Waals surface area (Å²) < 4.78 is 43.2. The zero-order valence-corrected chi connectivity index (χ0v) is 16.6. The number of carbonyl (C=O) groups excluding carboxylic acids is 2. The van der Waals surface area contributed by atoms with Crippen LogP contribution in [0.25, 0.3) is 0 Å². The molecular formula is C22H21F3N4O2. The quantitative estimate of drug-likeness (QED) is 0.804. The molecule has 0 spiro atoms. The lowest BCUT2D eigenvalue weighted by atomic mass is 9.93. The molecule has 0 unspecified atom stereocenters. The fraction of sp³-hybridized carbons (Fsp3) is 0.364. The van der Waals surface area contributed by atoms with Crippen LogP contribution in [0.1, 0.15) is 48.0 Å². The Balaban J connectivity index is 1.81. The summed E-state index contributed by atoms with van der Waals surface area (Å²) in [5, 5.41) is 1.88. The number of alkyl halides is 3. The van der Waals surface area contributed by atoms with Gasteiger partial charge in [0, 0.05) is 24.0 Å². The summed E-state index contributed by atoms with van der Waals surface area (Å²) in [7, 11) is 0. The Kier molecular flexibility index (Phi) is 5.51. The third kappa shape index (κ3) is 3.80. The predicted molar refractivity (Wildman–Crippen MR) is 107 cm³/mol. The van der Waals surface area contributed by atoms with Crippen molar-refractivity contribution in [1.29, 1.82) is 0 Å². The molecule has 2 amide bonds. The smallest absolute Gasteiger partial charge is 0.312 e. The van der Waals surface area contributed by atoms with Crippen molar-refractivity contribution < 1.29 is 22.8 Å². The van der Waals surface area contributed by atoms with Gasteiger partial charge in [-0.2, -0.15) is 13.2 Å². The van der Waals surface area contributed by atoms with E-state index >= 15 is 0 Å². The van der Waals surface area contributed by atoms with Crippen LogP contribution < -0.4 is 5.32 Å². The average molecular weight is 430 g/mol. The lowest BCUT2D eigenvalue weighted by Crippen LogP contribution is -2.64. The third-order valence-electron chi connectivity index (χ3n) is 5.63. The highest BCUT2D eigenvalue weighted by molar-refractivity contribution is 6.17. The molecule has 0 saturated heterocycles. The van der Waals surface area contributed by atoms with Crippen molar-refractivity contribution in [3.63, 3.8) is 0 Å². The van der Waals surface area contributed by atoms with E-state index in [1.807, 2.05) is 5.32 Å². The van der Waals surface area contributed by atoms with Gasteiger partial charge in [0.2, 0.25) is 0 Å². The molecule has 31 heavy (non-hydrogen) atoms. The van der Waals surface area contributed by atoms with Gasteiger partial charge in [0.05, 0.1) is 5.56 Å². The molecule has 1 aliphatic heterocycles. The lowest BCUT2D eigenvalue weighted by molar-refractivity contribution is -0.197. The Labute approximate surface area is 177 Å². The molecule has 0 radical (unpaired) electrons. The summed E-state index contributed by atoms with van der Waals surface area (Å²) in [6, 6.07) is 10.6. The van der Waals surface area contributed by atoms with Gasteiger partial charge in [0.15, 0.2) is 0 Å². The van der Waals surface area contributed by atoms with E-state index in [1.165, 1.54) is 18.3 Å². The molecule has 4 rings (SSSR count). The van der Waals surface area contributed by atoms with Crippen LogP contribution in [0, 0.1) is 0 Å². The maximum atomic E-state index is 14.4. The van der Waals surface area contributed by atoms with Crippen LogP contribution in [0.15, 0.2) is 59.9 Å². The van der Waals surface area contributed by atoms with Crippen LogP contribution in [0.5, 0.6) is 0 Å². The van der Waals surface area contributed by atoms with Gasteiger partial charge in [0.25, 0.3) is 11.8 Å². The molecule has 162 valence electrons. The SMILES string of the molecule is O=C(N[C@]1(C(F)(F)F)N=C(c2ccccc2)N(C2CCCCC2)C1=O)c1cccnc1. The highest BCUT2D eigenvalue weighted by Crippen LogP contribution is 2.41. The molecule has 2 aromatic rings. The molecule has 1 N–H and O–H groups in total. The first-order valence-corrected chi connectivity index (χ1v) is 10.1. The first-order chi connectivity index (χ1) is 14.8. The number of hydrogen-bond acceptors (Lipinski definition) is 4. The third-order valence-corrected chi connectivity index (χ3v) is 5.63. The van der Waals surface area contributed by atoms with E-state index in [1.54, 1.807) is 30.3 Å². The summed E-state index contributed by atoms with van der Waals surface area (Å²) >= 11 is 0. The van der Waals surface area contributed by atoms with Crippen molar-refractivity contribution in [3.8, 4) is 0 Å². The van der Waals surface area contributed by atoms with E-state index in [9.17, 15) is 22.8 Å². The van der Waals surface area contributed by atoms with Crippen molar-refractivity contribution in [1.82, 2.24) is 15.2 Å². The van der Waals surface area contributed by atoms with Gasteiger partial charge in [-0.1, -0.05) is 49.6 Å². The van der Waals surface area contributed by atoms with E-state index in [-0.39, 0.29) is 11.4 Å². The Morgan fingerprint density at radius 2 is 1.77 bits per heavy atom. The summed E-state index contributed by atoms with van der Waals surface area (Å²) in [6.07, 6.45) is 1.18. The topological polar surface area (TPSA) is 74.7 Å². The van der Waals surface area contributed by atoms with Crippen molar-refractivity contribution >= 4 is 17.6 Å². The van der Waals surface area contributed by atoms with Crippen molar-refractivity contribution in [2.45, 2.75) is 50.0 Å². The fourth-order valence-electron chi connectivity index (χ4n) is 4.07. The molecule has 9 heteroatoms. The van der Waals surface area contributed by atoms with Crippen LogP contribution in [0.2, 0.25) is 0 Å². The van der Waals surface area contributed by atoms with Gasteiger partial charge >= 0.3 is 11.8 Å². The van der Waals surface area contributed by atoms with Gasteiger partial charge < -0.3 is 5.32 Å². The van der Waals surface area contributed by atoms with E-state index in [4.69, 9.17) is 0 Å². The van der Waals surface area contributed by atoms with E-state index in [0.29, 0.717) is 18.4 Å². The van der Waals surface area contributed by atoms with Gasteiger partial charge in [-0.05, 0) is 25.0 Å². The monoisotopic (exact) mass is 430 g/mol. The molecule has 2 heterocycles. The molecule has 6 nitrogen and oxygen atoms in total. The summed E-state index contributed by atoms with van der Waals surface area (Å²) in [5.74, 6) is -2.41. The Morgan fingerprint density at radius 3 is 2.39 bits per heavy atom. The summed E-state index contributed by atoms with van der Waals surface area (Å²) in [5.41, 5.74) is -3.09. The van der Waals surface area contributed by atoms with Crippen molar-refractivity contribution in [3.05, 3.63) is 66.0 Å². The largest absolute Gasteiger partial charge is 0.442 e. The molecule has 1 fully saturated rings. The van der Waals surface area contributed by atoms with E-state index < -0.39 is 29.7 Å². The van der Waals surface area contributed by atoms with Gasteiger partial charge in [-0.15, -0.1) is 0 Å². The fourth-order valence-corrected chi connectivity index (χ4v) is 4.07. The number of halogens is 3. The van der Waals surface area contributed by atoms with Crippen LogP contribution in [0.4, 0.5) is 13.2 Å². The number of aromatic nitrogens is 1. The highest BCUT2D eigenvalue weighted by atomic mass is 19.4. The maximum Gasteiger partial charge on any atom is 0.442 e. The molecule has 1 saturated carbocycles. The van der Waals surface area contributed by atoms with Crippen LogP contribution >= 0.6 is 0 Å². The van der Waals surface area contributed by atoms with E-state index in [0.717, 1.165) is 30.4 Å². The number of rotatable bonds is 4. The number of hydrogen-bond donors (Lipinski definition) is 1. The minimum absolute atomic E-state index is 0.0682. The number of nitrogens with one attached hydrogen (secondary N) is 1. The number of amidine groups is 1. The van der Waals surface area contributed by atoms with Crippen LogP contribution in [0.3, 0.4) is 0 Å².